The van der Waals surface area contributed by atoms with Gasteiger partial charge in [0.1, 0.15) is 23.3 Å². The molecule has 2 saturated carbocycles. The van der Waals surface area contributed by atoms with Gasteiger partial charge < -0.3 is 39.8 Å². The Morgan fingerprint density at radius 2 is 1.03 bits per heavy atom. The maximum atomic E-state index is 11.8. The summed E-state index contributed by atoms with van der Waals surface area (Å²) in [6.45, 7) is 5.29. The third-order valence-electron chi connectivity index (χ3n) is 11.5. The van der Waals surface area contributed by atoms with E-state index >= 15 is 0 Å². The predicted molar refractivity (Wildman–Crippen MR) is 222 cm³/mol. The number of aliphatic carboxylic acids is 2. The number of nitrogens with one attached hydrogen (secondary N) is 2. The second-order valence-electron chi connectivity index (χ2n) is 15.1. The molecule has 2 fully saturated rings. The highest BCUT2D eigenvalue weighted by atomic mass is 35.5. The second kappa shape index (κ2) is 19.9. The number of halogens is 2. The zero-order valence-corrected chi connectivity index (χ0v) is 34.9. The molecule has 58 heavy (non-hydrogen) atoms. The van der Waals surface area contributed by atoms with Gasteiger partial charge in [0.15, 0.2) is 0 Å². The Bertz CT molecular complexity index is 1950. The van der Waals surface area contributed by atoms with Gasteiger partial charge in [-0.05, 0) is 85.0 Å². The van der Waals surface area contributed by atoms with Crippen LogP contribution >= 0.6 is 23.2 Å². The van der Waals surface area contributed by atoms with Crippen molar-refractivity contribution in [1.82, 2.24) is 20.6 Å². The van der Waals surface area contributed by atoms with Gasteiger partial charge in [-0.3, -0.25) is 9.59 Å². The molecule has 14 heteroatoms. The Morgan fingerprint density at radius 1 is 0.638 bits per heavy atom. The van der Waals surface area contributed by atoms with Crippen molar-refractivity contribution in [2.75, 3.05) is 14.2 Å². The average molecular weight is 836 g/mol. The first-order valence-corrected chi connectivity index (χ1v) is 20.6. The van der Waals surface area contributed by atoms with Gasteiger partial charge in [0.2, 0.25) is 23.5 Å². The Balaban J connectivity index is 1.11. The summed E-state index contributed by atoms with van der Waals surface area (Å²) in [5.41, 5.74) is 7.51. The number of nitrogens with zero attached hydrogens (tertiary/aromatic N) is 2. The molecule has 6 rings (SSSR count). The standard InChI is InChI=1S/C44H52Cl2N4O8/c1-25-27(23-57-41-35(45)19-29(39(49-41)55-3)21-47-37-17-7-5-13-33(37)43(51)52)11-9-15-31(25)32-16-10-12-28(26(32)2)24-58-42-36(46)20-30(40(50-42)56-4)22-48-38-18-8-6-14-34(38)44(53)54/h9-12,15-16,19-20,33-34,37-38,47-48H,5-8,13-14,17-18,21-24H2,1-4H3,(H,51,52)(H,53,54)/t33-,34?,37?,38?/m0/s1. The fourth-order valence-electron chi connectivity index (χ4n) is 8.18. The topological polar surface area (TPSA) is 161 Å². The van der Waals surface area contributed by atoms with Crippen LogP contribution in [0.2, 0.25) is 10.0 Å². The summed E-state index contributed by atoms with van der Waals surface area (Å²) in [6, 6.07) is 15.4. The first kappa shape index (κ1) is 43.0. The summed E-state index contributed by atoms with van der Waals surface area (Å²) in [7, 11) is 3.07. The number of benzene rings is 2. The van der Waals surface area contributed by atoms with Crippen LogP contribution in [0.3, 0.4) is 0 Å². The summed E-state index contributed by atoms with van der Waals surface area (Å²) in [5, 5.41) is 26.8. The average Bonchev–Trinajstić information content (AvgIpc) is 3.22. The molecule has 0 radical (unpaired) electrons. The smallest absolute Gasteiger partial charge is 0.308 e. The number of carboxylic acids is 2. The van der Waals surface area contributed by atoms with Gasteiger partial charge in [-0.1, -0.05) is 85.3 Å². The highest BCUT2D eigenvalue weighted by Gasteiger charge is 2.32. The summed E-state index contributed by atoms with van der Waals surface area (Å²) in [4.78, 5) is 32.7. The molecular weight excluding hydrogens is 783 g/mol. The van der Waals surface area contributed by atoms with Crippen molar-refractivity contribution in [1.29, 1.82) is 0 Å². The third kappa shape index (κ3) is 10.1. The number of methoxy groups -OCH3 is 2. The largest absolute Gasteiger partial charge is 0.481 e. The molecule has 0 spiro atoms. The molecule has 3 unspecified atom stereocenters. The van der Waals surface area contributed by atoms with E-state index in [-0.39, 0.29) is 37.1 Å². The minimum atomic E-state index is -0.776. The summed E-state index contributed by atoms with van der Waals surface area (Å²) < 4.78 is 23.5. The fraction of sp³-hybridized carbons (Fsp3) is 0.455. The van der Waals surface area contributed by atoms with Crippen molar-refractivity contribution in [2.24, 2.45) is 11.8 Å². The summed E-state index contributed by atoms with van der Waals surface area (Å²) in [6.07, 6.45) is 6.74. The van der Waals surface area contributed by atoms with Crippen molar-refractivity contribution >= 4 is 35.1 Å². The van der Waals surface area contributed by atoms with Crippen LogP contribution in [0.4, 0.5) is 0 Å². The summed E-state index contributed by atoms with van der Waals surface area (Å²) >= 11 is 13.4. The van der Waals surface area contributed by atoms with Gasteiger partial charge in [-0.15, -0.1) is 0 Å². The first-order chi connectivity index (χ1) is 28.0. The molecule has 2 aliphatic carbocycles. The van der Waals surface area contributed by atoms with Crippen LogP contribution in [0.1, 0.15) is 84.7 Å². The Morgan fingerprint density at radius 3 is 1.41 bits per heavy atom. The lowest BCUT2D eigenvalue weighted by Crippen LogP contribution is -2.41. The summed E-state index contributed by atoms with van der Waals surface area (Å²) in [5.74, 6) is -1.19. The van der Waals surface area contributed by atoms with Crippen molar-refractivity contribution < 1.29 is 38.7 Å². The number of hydrogen-bond donors (Lipinski definition) is 4. The van der Waals surface area contributed by atoms with Gasteiger partial charge in [-0.2, -0.15) is 9.97 Å². The number of carboxylic acid groups (broad SMARTS) is 2. The molecule has 2 aliphatic rings. The lowest BCUT2D eigenvalue weighted by Gasteiger charge is -2.29. The molecule has 0 amide bonds. The molecule has 2 aromatic carbocycles. The van der Waals surface area contributed by atoms with Crippen LogP contribution in [0.5, 0.6) is 23.5 Å². The normalized spacial score (nSPS) is 19.3. The van der Waals surface area contributed by atoms with Gasteiger partial charge in [0.05, 0.1) is 26.1 Å². The zero-order chi connectivity index (χ0) is 41.3. The van der Waals surface area contributed by atoms with E-state index < -0.39 is 23.8 Å². The van der Waals surface area contributed by atoms with Crippen LogP contribution < -0.4 is 29.6 Å². The van der Waals surface area contributed by atoms with E-state index in [9.17, 15) is 19.8 Å². The maximum absolute atomic E-state index is 11.8. The number of pyridine rings is 2. The Hall–Kier alpha value is -4.62. The molecule has 0 bridgehead atoms. The van der Waals surface area contributed by atoms with E-state index in [1.54, 1.807) is 12.1 Å². The van der Waals surface area contributed by atoms with Crippen molar-refractivity contribution in [3.63, 3.8) is 0 Å². The number of carbonyl (C=O) groups is 2. The number of ether oxygens (including phenoxy) is 4. The molecule has 2 aromatic heterocycles. The van der Waals surface area contributed by atoms with E-state index in [0.717, 1.165) is 83.0 Å². The van der Waals surface area contributed by atoms with Gasteiger partial charge in [0, 0.05) is 36.3 Å². The highest BCUT2D eigenvalue weighted by molar-refractivity contribution is 6.32. The van der Waals surface area contributed by atoms with Gasteiger partial charge >= 0.3 is 11.9 Å². The van der Waals surface area contributed by atoms with E-state index in [4.69, 9.17) is 42.1 Å². The van der Waals surface area contributed by atoms with Crippen molar-refractivity contribution in [2.45, 2.75) is 104 Å². The molecule has 4 atom stereocenters. The van der Waals surface area contributed by atoms with Gasteiger partial charge in [0.25, 0.3) is 0 Å². The zero-order valence-electron chi connectivity index (χ0n) is 33.4. The Kier molecular flexibility index (Phi) is 14.7. The van der Waals surface area contributed by atoms with Gasteiger partial charge in [-0.25, -0.2) is 0 Å². The number of hydrogen-bond acceptors (Lipinski definition) is 10. The van der Waals surface area contributed by atoms with Crippen LogP contribution in [-0.2, 0) is 35.9 Å². The molecule has 12 nitrogen and oxygen atoms in total. The van der Waals surface area contributed by atoms with Crippen LogP contribution in [-0.4, -0.2) is 58.4 Å². The molecular formula is C44H52Cl2N4O8. The molecule has 4 aromatic rings. The second-order valence-corrected chi connectivity index (χ2v) is 15.9. The highest BCUT2D eigenvalue weighted by Crippen LogP contribution is 2.35. The molecule has 4 N–H and O–H groups in total. The minimum Gasteiger partial charge on any atom is -0.481 e. The first-order valence-electron chi connectivity index (χ1n) is 19.8. The van der Waals surface area contributed by atoms with Crippen LogP contribution in [0, 0.1) is 25.7 Å². The third-order valence-corrected chi connectivity index (χ3v) is 12.1. The van der Waals surface area contributed by atoms with E-state index in [0.29, 0.717) is 47.7 Å². The molecule has 310 valence electrons. The molecule has 0 saturated heterocycles. The van der Waals surface area contributed by atoms with Crippen molar-refractivity contribution in [3.05, 3.63) is 92.0 Å². The van der Waals surface area contributed by atoms with Crippen molar-refractivity contribution in [3.8, 4) is 34.6 Å². The maximum Gasteiger partial charge on any atom is 0.308 e. The van der Waals surface area contributed by atoms with Crippen LogP contribution in [0.15, 0.2) is 48.5 Å². The predicted octanol–water partition coefficient (Wildman–Crippen LogP) is 8.71. The monoisotopic (exact) mass is 834 g/mol. The van der Waals surface area contributed by atoms with Crippen LogP contribution in [0.25, 0.3) is 11.1 Å². The molecule has 0 aliphatic heterocycles. The van der Waals surface area contributed by atoms with E-state index in [2.05, 4.69) is 46.6 Å². The quantitative estimate of drug-likeness (QED) is 0.0802. The van der Waals surface area contributed by atoms with E-state index in [1.165, 1.54) is 14.2 Å². The number of aromatic nitrogens is 2. The fourth-order valence-corrected chi connectivity index (χ4v) is 8.63. The number of rotatable bonds is 17. The SMILES string of the molecule is COc1nc(OCc2cccc(-c3cccc(COc4nc(OC)c(CNC5CCCC[C@@H]5C(=O)O)cc4Cl)c3C)c2C)c(Cl)cc1CNC1CCCCC1C(=O)O. The molecule has 2 heterocycles. The lowest BCUT2D eigenvalue weighted by atomic mass is 9.84. The minimum absolute atomic E-state index is 0.132. The van der Waals surface area contributed by atoms with E-state index in [1.807, 2.05) is 24.3 Å². The lowest BCUT2D eigenvalue weighted by molar-refractivity contribution is -0.144. The Labute approximate surface area is 349 Å².